The van der Waals surface area contributed by atoms with E-state index in [9.17, 15) is 4.79 Å². The highest BCUT2D eigenvalue weighted by Gasteiger charge is 2.10. The van der Waals surface area contributed by atoms with Crippen molar-refractivity contribution >= 4 is 37.6 Å². The van der Waals surface area contributed by atoms with Crippen LogP contribution in [0.25, 0.3) is 0 Å². The molecule has 21 heavy (non-hydrogen) atoms. The lowest BCUT2D eigenvalue weighted by Crippen LogP contribution is -2.07. The second-order valence-electron chi connectivity index (χ2n) is 4.30. The maximum absolute atomic E-state index is 12.0. The molecule has 0 bridgehead atoms. The Morgan fingerprint density at radius 2 is 1.67 bits per heavy atom. The van der Waals surface area contributed by atoms with Gasteiger partial charge >= 0.3 is 0 Å². The Hall–Kier alpha value is -1.33. The van der Waals surface area contributed by atoms with E-state index in [2.05, 4.69) is 31.9 Å². The molecule has 5 heteroatoms. The molecule has 0 aromatic heterocycles. The van der Waals surface area contributed by atoms with Crippen molar-refractivity contribution in [3.63, 3.8) is 0 Å². The lowest BCUT2D eigenvalue weighted by Gasteiger charge is -2.11. The zero-order valence-electron chi connectivity index (χ0n) is 11.4. The fourth-order valence-corrected chi connectivity index (χ4v) is 2.72. The summed E-state index contributed by atoms with van der Waals surface area (Å²) in [7, 11) is 1.60. The summed E-state index contributed by atoms with van der Waals surface area (Å²) in [5.74, 6) is 1.46. The molecule has 2 aromatic carbocycles. The molecule has 0 unspecified atom stereocenters. The molecule has 0 fully saturated rings. The number of ketones is 1. The molecule has 0 aliphatic heterocycles. The number of hydrogen-bond acceptors (Lipinski definition) is 3. The van der Waals surface area contributed by atoms with Crippen LogP contribution in [0.2, 0.25) is 0 Å². The summed E-state index contributed by atoms with van der Waals surface area (Å²) in [6.07, 6.45) is 0.333. The Morgan fingerprint density at radius 1 is 1.05 bits per heavy atom. The summed E-state index contributed by atoms with van der Waals surface area (Å²) < 4.78 is 12.4. The fraction of sp³-hybridized carbons (Fsp3) is 0.188. The van der Waals surface area contributed by atoms with Crippen molar-refractivity contribution in [3.05, 3.63) is 57.0 Å². The van der Waals surface area contributed by atoms with E-state index in [0.717, 1.165) is 14.7 Å². The van der Waals surface area contributed by atoms with Crippen molar-refractivity contribution in [3.8, 4) is 11.5 Å². The van der Waals surface area contributed by atoms with Crippen molar-refractivity contribution in [1.29, 1.82) is 0 Å². The zero-order chi connectivity index (χ0) is 15.2. The van der Waals surface area contributed by atoms with Gasteiger partial charge in [-0.2, -0.15) is 0 Å². The molecule has 0 amide bonds. The van der Waals surface area contributed by atoms with Gasteiger partial charge in [0.2, 0.25) is 0 Å². The molecule has 110 valence electrons. The summed E-state index contributed by atoms with van der Waals surface area (Å²) in [5.41, 5.74) is 0.705. The van der Waals surface area contributed by atoms with Gasteiger partial charge in [0.25, 0.3) is 0 Å². The SMILES string of the molecule is COc1cc(Br)c(OCCC(=O)c2ccccc2)cc1Br. The van der Waals surface area contributed by atoms with Gasteiger partial charge in [0.15, 0.2) is 5.78 Å². The van der Waals surface area contributed by atoms with E-state index in [1.54, 1.807) is 7.11 Å². The topological polar surface area (TPSA) is 35.5 Å². The van der Waals surface area contributed by atoms with E-state index in [1.807, 2.05) is 42.5 Å². The van der Waals surface area contributed by atoms with Crippen LogP contribution >= 0.6 is 31.9 Å². The first kappa shape index (κ1) is 16.0. The lowest BCUT2D eigenvalue weighted by atomic mass is 10.1. The Balaban J connectivity index is 1.95. The molecule has 0 saturated heterocycles. The summed E-state index contributed by atoms with van der Waals surface area (Å²) in [5, 5.41) is 0. The molecule has 0 atom stereocenters. The number of carbonyl (C=O) groups is 1. The van der Waals surface area contributed by atoms with Crippen LogP contribution in [0.15, 0.2) is 51.4 Å². The van der Waals surface area contributed by atoms with E-state index >= 15 is 0 Å². The van der Waals surface area contributed by atoms with Gasteiger partial charge in [-0.25, -0.2) is 0 Å². The number of benzene rings is 2. The van der Waals surface area contributed by atoms with Gasteiger partial charge < -0.3 is 9.47 Å². The first-order chi connectivity index (χ1) is 10.1. The van der Waals surface area contributed by atoms with Crippen molar-refractivity contribution < 1.29 is 14.3 Å². The third-order valence-corrected chi connectivity index (χ3v) is 4.13. The van der Waals surface area contributed by atoms with Crippen molar-refractivity contribution in [2.24, 2.45) is 0 Å². The molecule has 0 aliphatic rings. The van der Waals surface area contributed by atoms with Crippen LogP contribution in [0.1, 0.15) is 16.8 Å². The monoisotopic (exact) mass is 412 g/mol. The molecule has 0 N–H and O–H groups in total. The minimum absolute atomic E-state index is 0.0688. The summed E-state index contributed by atoms with van der Waals surface area (Å²) >= 11 is 6.83. The van der Waals surface area contributed by atoms with Gasteiger partial charge in [-0.3, -0.25) is 4.79 Å². The molecule has 0 heterocycles. The fourth-order valence-electron chi connectivity index (χ4n) is 1.80. The van der Waals surface area contributed by atoms with Gasteiger partial charge in [-0.05, 0) is 44.0 Å². The Bertz CT molecular complexity index is 627. The Kier molecular flexibility index (Phi) is 5.82. The van der Waals surface area contributed by atoms with Crippen LogP contribution in [0, 0.1) is 0 Å². The quantitative estimate of drug-likeness (QED) is 0.633. The molecule has 3 nitrogen and oxygen atoms in total. The highest BCUT2D eigenvalue weighted by Crippen LogP contribution is 2.36. The first-order valence-corrected chi connectivity index (χ1v) is 7.94. The van der Waals surface area contributed by atoms with Crippen molar-refractivity contribution in [2.45, 2.75) is 6.42 Å². The normalized spacial score (nSPS) is 10.2. The van der Waals surface area contributed by atoms with Gasteiger partial charge in [0.1, 0.15) is 11.5 Å². The van der Waals surface area contributed by atoms with Gasteiger partial charge in [-0.15, -0.1) is 0 Å². The van der Waals surface area contributed by atoms with Gasteiger partial charge in [0.05, 0.1) is 22.7 Å². The second kappa shape index (κ2) is 7.61. The maximum Gasteiger partial charge on any atom is 0.166 e. The van der Waals surface area contributed by atoms with Crippen LogP contribution in [0.5, 0.6) is 11.5 Å². The largest absolute Gasteiger partial charge is 0.496 e. The maximum atomic E-state index is 12.0. The van der Waals surface area contributed by atoms with E-state index < -0.39 is 0 Å². The van der Waals surface area contributed by atoms with Gasteiger partial charge in [0, 0.05) is 12.0 Å². The van der Waals surface area contributed by atoms with Crippen LogP contribution in [0.3, 0.4) is 0 Å². The predicted octanol–water partition coefficient (Wildman–Crippen LogP) is 4.87. The third kappa shape index (κ3) is 4.32. The standard InChI is InChI=1S/C16H14Br2O3/c1-20-15-9-13(18)16(10-12(15)17)21-8-7-14(19)11-5-3-2-4-6-11/h2-6,9-10H,7-8H2,1H3. The van der Waals surface area contributed by atoms with Crippen LogP contribution in [-0.2, 0) is 0 Å². The van der Waals surface area contributed by atoms with Gasteiger partial charge in [-0.1, -0.05) is 30.3 Å². The highest BCUT2D eigenvalue weighted by atomic mass is 79.9. The smallest absolute Gasteiger partial charge is 0.166 e. The molecule has 2 rings (SSSR count). The van der Waals surface area contributed by atoms with E-state index in [-0.39, 0.29) is 5.78 Å². The van der Waals surface area contributed by atoms with Crippen LogP contribution in [-0.4, -0.2) is 19.5 Å². The Morgan fingerprint density at radius 3 is 2.33 bits per heavy atom. The van der Waals surface area contributed by atoms with E-state index in [1.165, 1.54) is 0 Å². The van der Waals surface area contributed by atoms with Crippen LogP contribution < -0.4 is 9.47 Å². The summed E-state index contributed by atoms with van der Waals surface area (Å²) in [6, 6.07) is 12.8. The number of ether oxygens (including phenoxy) is 2. The number of carbonyl (C=O) groups excluding carboxylic acids is 1. The summed E-state index contributed by atoms with van der Waals surface area (Å²) in [6.45, 7) is 0.325. The van der Waals surface area contributed by atoms with Crippen molar-refractivity contribution in [1.82, 2.24) is 0 Å². The highest BCUT2D eigenvalue weighted by molar-refractivity contribution is 9.11. The average molecular weight is 414 g/mol. The molecular weight excluding hydrogens is 400 g/mol. The molecule has 0 aliphatic carbocycles. The predicted molar refractivity (Wildman–Crippen MR) is 89.3 cm³/mol. The number of hydrogen-bond donors (Lipinski definition) is 0. The average Bonchev–Trinajstić information content (AvgIpc) is 2.51. The number of halogens is 2. The Labute approximate surface area is 140 Å². The minimum Gasteiger partial charge on any atom is -0.496 e. The lowest BCUT2D eigenvalue weighted by molar-refractivity contribution is 0.0962. The van der Waals surface area contributed by atoms with Crippen LogP contribution in [0.4, 0.5) is 0 Å². The van der Waals surface area contributed by atoms with E-state index in [0.29, 0.717) is 24.3 Å². The zero-order valence-corrected chi connectivity index (χ0v) is 14.6. The number of Topliss-reactive ketones (excluding diaryl/α,β-unsaturated/α-hetero) is 1. The summed E-state index contributed by atoms with van der Waals surface area (Å²) in [4.78, 5) is 12.0. The van der Waals surface area contributed by atoms with E-state index in [4.69, 9.17) is 9.47 Å². The third-order valence-electron chi connectivity index (χ3n) is 2.89. The minimum atomic E-state index is 0.0688. The molecule has 2 aromatic rings. The molecule has 0 saturated carbocycles. The van der Waals surface area contributed by atoms with Crippen molar-refractivity contribution in [2.75, 3.05) is 13.7 Å². The number of rotatable bonds is 6. The second-order valence-corrected chi connectivity index (χ2v) is 6.01. The molecule has 0 radical (unpaired) electrons. The first-order valence-electron chi connectivity index (χ1n) is 6.36. The number of methoxy groups -OCH3 is 1. The molecule has 0 spiro atoms. The molecular formula is C16H14Br2O3.